The number of likely N-dealkylation sites (N-methyl/N-ethyl adjacent to an activating group) is 2. The molecule has 1 saturated heterocycles. The van der Waals surface area contributed by atoms with Crippen LogP contribution in [0.5, 0.6) is 0 Å². The van der Waals surface area contributed by atoms with Crippen LogP contribution in [0.3, 0.4) is 0 Å². The van der Waals surface area contributed by atoms with Gasteiger partial charge in [0.15, 0.2) is 0 Å². The summed E-state index contributed by atoms with van der Waals surface area (Å²) in [4.78, 5) is 4.93. The highest BCUT2D eigenvalue weighted by Crippen LogP contribution is 2.13. The zero-order valence-electron chi connectivity index (χ0n) is 11.1. The molecular formula is C13H27N3. The summed E-state index contributed by atoms with van der Waals surface area (Å²) >= 11 is 0. The smallest absolute Gasteiger partial charge is 0.0235 e. The van der Waals surface area contributed by atoms with E-state index in [4.69, 9.17) is 0 Å². The Morgan fingerprint density at radius 2 is 2.19 bits per heavy atom. The molecule has 1 aliphatic rings. The van der Waals surface area contributed by atoms with Crippen molar-refractivity contribution in [1.29, 1.82) is 0 Å². The highest BCUT2D eigenvalue weighted by Gasteiger charge is 2.24. The molecule has 0 aliphatic carbocycles. The molecule has 0 amide bonds. The number of rotatable bonds is 6. The Hall–Kier alpha value is -0.380. The maximum absolute atomic E-state index is 3.85. The van der Waals surface area contributed by atoms with Crippen molar-refractivity contribution >= 4 is 0 Å². The summed E-state index contributed by atoms with van der Waals surface area (Å²) in [6.07, 6.45) is 4.32. The maximum Gasteiger partial charge on any atom is 0.0235 e. The van der Waals surface area contributed by atoms with Crippen LogP contribution in [0.4, 0.5) is 0 Å². The molecule has 0 spiro atoms. The second-order valence-electron chi connectivity index (χ2n) is 4.91. The first-order chi connectivity index (χ1) is 7.67. The van der Waals surface area contributed by atoms with E-state index in [1.807, 2.05) is 6.08 Å². The van der Waals surface area contributed by atoms with Crippen LogP contribution in [-0.4, -0.2) is 62.2 Å². The Bertz CT molecular complexity index is 205. The van der Waals surface area contributed by atoms with Gasteiger partial charge in [0.25, 0.3) is 0 Å². The Morgan fingerprint density at radius 1 is 1.44 bits per heavy atom. The lowest BCUT2D eigenvalue weighted by Crippen LogP contribution is -2.52. The van der Waals surface area contributed by atoms with E-state index < -0.39 is 0 Å². The predicted molar refractivity (Wildman–Crippen MR) is 70.8 cm³/mol. The zero-order valence-corrected chi connectivity index (χ0v) is 11.1. The van der Waals surface area contributed by atoms with Gasteiger partial charge in [-0.1, -0.05) is 13.0 Å². The molecule has 0 aromatic heterocycles. The highest BCUT2D eigenvalue weighted by molar-refractivity contribution is 4.86. The van der Waals surface area contributed by atoms with Crippen molar-refractivity contribution in [3.63, 3.8) is 0 Å². The molecule has 16 heavy (non-hydrogen) atoms. The van der Waals surface area contributed by atoms with E-state index in [1.54, 1.807) is 0 Å². The average Bonchev–Trinajstić information content (AvgIpc) is 2.24. The summed E-state index contributed by atoms with van der Waals surface area (Å²) in [6, 6.07) is 1.27. The largest absolute Gasteiger partial charge is 0.314 e. The number of nitrogens with one attached hydrogen (secondary N) is 1. The van der Waals surface area contributed by atoms with Crippen LogP contribution in [0, 0.1) is 0 Å². The second kappa shape index (κ2) is 7.05. The number of hydrogen-bond donors (Lipinski definition) is 1. The van der Waals surface area contributed by atoms with Gasteiger partial charge in [-0.05, 0) is 33.5 Å². The van der Waals surface area contributed by atoms with Crippen molar-refractivity contribution in [3.8, 4) is 0 Å². The Labute approximate surface area is 100 Å². The van der Waals surface area contributed by atoms with E-state index in [9.17, 15) is 0 Å². The van der Waals surface area contributed by atoms with Crippen molar-refractivity contribution in [2.75, 3.05) is 40.3 Å². The second-order valence-corrected chi connectivity index (χ2v) is 4.91. The first kappa shape index (κ1) is 13.7. The van der Waals surface area contributed by atoms with Crippen molar-refractivity contribution in [2.45, 2.75) is 31.8 Å². The minimum absolute atomic E-state index is 0.585. The quantitative estimate of drug-likeness (QED) is 0.685. The van der Waals surface area contributed by atoms with E-state index in [2.05, 4.69) is 42.7 Å². The molecule has 1 aliphatic heterocycles. The van der Waals surface area contributed by atoms with E-state index in [0.29, 0.717) is 12.1 Å². The van der Waals surface area contributed by atoms with Gasteiger partial charge in [0.2, 0.25) is 0 Å². The van der Waals surface area contributed by atoms with Crippen molar-refractivity contribution in [2.24, 2.45) is 0 Å². The molecule has 1 N–H and O–H groups in total. The van der Waals surface area contributed by atoms with Crippen LogP contribution < -0.4 is 5.32 Å². The Morgan fingerprint density at radius 3 is 2.81 bits per heavy atom. The Kier molecular flexibility index (Phi) is 6.03. The average molecular weight is 225 g/mol. The summed E-state index contributed by atoms with van der Waals surface area (Å²) in [5, 5.41) is 3.55. The third-order valence-electron chi connectivity index (χ3n) is 3.48. The summed E-state index contributed by atoms with van der Waals surface area (Å²) in [5.41, 5.74) is 0. The summed E-state index contributed by atoms with van der Waals surface area (Å²) in [5.74, 6) is 0. The van der Waals surface area contributed by atoms with Crippen LogP contribution in [0.2, 0.25) is 0 Å². The van der Waals surface area contributed by atoms with Gasteiger partial charge in [0, 0.05) is 31.7 Å². The van der Waals surface area contributed by atoms with Gasteiger partial charge >= 0.3 is 0 Å². The molecule has 0 aromatic carbocycles. The van der Waals surface area contributed by atoms with E-state index in [0.717, 1.165) is 13.0 Å². The van der Waals surface area contributed by atoms with Crippen LogP contribution >= 0.6 is 0 Å². The molecule has 1 heterocycles. The van der Waals surface area contributed by atoms with Gasteiger partial charge in [-0.3, -0.25) is 0 Å². The fraction of sp³-hybridized carbons (Fsp3) is 0.846. The molecule has 3 heteroatoms. The molecule has 1 rings (SSSR count). The van der Waals surface area contributed by atoms with Crippen LogP contribution in [-0.2, 0) is 0 Å². The van der Waals surface area contributed by atoms with E-state index >= 15 is 0 Å². The predicted octanol–water partition coefficient (Wildman–Crippen LogP) is 1.18. The Balaban J connectivity index is 2.44. The normalized spacial score (nSPS) is 25.6. The topological polar surface area (TPSA) is 18.5 Å². The van der Waals surface area contributed by atoms with Crippen LogP contribution in [0.25, 0.3) is 0 Å². The lowest BCUT2D eigenvalue weighted by atomic mass is 10.0. The SMILES string of the molecule is C=CCC(CC1CN(C)CCN1C)NCC. The third-order valence-corrected chi connectivity index (χ3v) is 3.48. The van der Waals surface area contributed by atoms with Gasteiger partial charge < -0.3 is 15.1 Å². The lowest BCUT2D eigenvalue weighted by molar-refractivity contribution is 0.101. The summed E-state index contributed by atoms with van der Waals surface area (Å²) in [6.45, 7) is 10.6. The molecule has 2 atom stereocenters. The molecule has 3 nitrogen and oxygen atoms in total. The van der Waals surface area contributed by atoms with E-state index in [-0.39, 0.29) is 0 Å². The standard InChI is InChI=1S/C13H27N3/c1-5-7-12(14-6-2)10-13-11-15(3)8-9-16(13)4/h5,12-14H,1,6-11H2,2-4H3. The fourth-order valence-corrected chi connectivity index (χ4v) is 2.44. The molecule has 94 valence electrons. The van der Waals surface area contributed by atoms with Crippen molar-refractivity contribution < 1.29 is 0 Å². The van der Waals surface area contributed by atoms with Crippen LogP contribution in [0.15, 0.2) is 12.7 Å². The zero-order chi connectivity index (χ0) is 12.0. The summed E-state index contributed by atoms with van der Waals surface area (Å²) < 4.78 is 0. The minimum Gasteiger partial charge on any atom is -0.314 e. The maximum atomic E-state index is 3.85. The first-order valence-electron chi connectivity index (χ1n) is 6.40. The fourth-order valence-electron chi connectivity index (χ4n) is 2.44. The van der Waals surface area contributed by atoms with Gasteiger partial charge in [-0.25, -0.2) is 0 Å². The number of nitrogens with zero attached hydrogens (tertiary/aromatic N) is 2. The van der Waals surface area contributed by atoms with E-state index in [1.165, 1.54) is 26.1 Å². The molecule has 0 saturated carbocycles. The molecule has 0 aromatic rings. The van der Waals surface area contributed by atoms with Crippen LogP contribution in [0.1, 0.15) is 19.8 Å². The molecule has 0 bridgehead atoms. The monoisotopic (exact) mass is 225 g/mol. The van der Waals surface area contributed by atoms with Gasteiger partial charge in [0.05, 0.1) is 0 Å². The van der Waals surface area contributed by atoms with Crippen molar-refractivity contribution in [3.05, 3.63) is 12.7 Å². The highest BCUT2D eigenvalue weighted by atomic mass is 15.3. The van der Waals surface area contributed by atoms with Gasteiger partial charge in [-0.2, -0.15) is 0 Å². The summed E-state index contributed by atoms with van der Waals surface area (Å²) in [7, 11) is 4.46. The molecule has 0 radical (unpaired) electrons. The van der Waals surface area contributed by atoms with Crippen molar-refractivity contribution in [1.82, 2.24) is 15.1 Å². The number of hydrogen-bond acceptors (Lipinski definition) is 3. The minimum atomic E-state index is 0.585. The first-order valence-corrected chi connectivity index (χ1v) is 6.40. The molecule has 1 fully saturated rings. The lowest BCUT2D eigenvalue weighted by Gasteiger charge is -2.39. The van der Waals surface area contributed by atoms with Gasteiger partial charge in [0.1, 0.15) is 0 Å². The third kappa shape index (κ3) is 4.24. The molecule has 2 unspecified atom stereocenters. The van der Waals surface area contributed by atoms with Gasteiger partial charge in [-0.15, -0.1) is 6.58 Å². The molecular weight excluding hydrogens is 198 g/mol. The number of piperazine rings is 1.